The quantitative estimate of drug-likeness (QED) is 0.744. The molecular weight excluding hydrogens is 364 g/mol. The van der Waals surface area contributed by atoms with Crippen molar-refractivity contribution in [3.05, 3.63) is 78.2 Å². The van der Waals surface area contributed by atoms with Gasteiger partial charge in [0.05, 0.1) is 28.7 Å². The van der Waals surface area contributed by atoms with Crippen LogP contribution in [0.3, 0.4) is 0 Å². The van der Waals surface area contributed by atoms with Gasteiger partial charge in [-0.1, -0.05) is 18.2 Å². The second kappa shape index (κ2) is 8.40. The Labute approximate surface area is 169 Å². The van der Waals surface area contributed by atoms with Crippen LogP contribution in [0.2, 0.25) is 0 Å². The zero-order valence-corrected chi connectivity index (χ0v) is 15.8. The van der Waals surface area contributed by atoms with Gasteiger partial charge in [0.1, 0.15) is 11.9 Å². The van der Waals surface area contributed by atoms with E-state index in [-0.39, 0.29) is 5.91 Å². The summed E-state index contributed by atoms with van der Waals surface area (Å²) >= 11 is 0. The number of anilines is 3. The first kappa shape index (κ1) is 18.4. The van der Waals surface area contributed by atoms with Crippen molar-refractivity contribution < 1.29 is 4.79 Å². The molecule has 1 N–H and O–H groups in total. The number of benzene rings is 1. The Hall–Kier alpha value is -3.92. The number of amides is 1. The molecule has 0 aliphatic carbocycles. The van der Waals surface area contributed by atoms with Gasteiger partial charge in [-0.25, -0.2) is 4.98 Å². The normalized spacial score (nSPS) is 13.6. The van der Waals surface area contributed by atoms with E-state index >= 15 is 0 Å². The van der Waals surface area contributed by atoms with Crippen molar-refractivity contribution in [3.63, 3.8) is 0 Å². The summed E-state index contributed by atoms with van der Waals surface area (Å²) in [6.07, 6.45) is 5.12. The van der Waals surface area contributed by atoms with E-state index in [0.717, 1.165) is 37.7 Å². The smallest absolute Gasteiger partial charge is 0.257 e. The molecule has 7 nitrogen and oxygen atoms in total. The van der Waals surface area contributed by atoms with E-state index in [1.807, 2.05) is 24.3 Å². The van der Waals surface area contributed by atoms with Crippen LogP contribution in [-0.4, -0.2) is 42.1 Å². The molecule has 2 aromatic heterocycles. The van der Waals surface area contributed by atoms with Gasteiger partial charge in [0.2, 0.25) is 0 Å². The summed E-state index contributed by atoms with van der Waals surface area (Å²) < 4.78 is 0. The maximum Gasteiger partial charge on any atom is 0.257 e. The van der Waals surface area contributed by atoms with Crippen LogP contribution in [0.5, 0.6) is 0 Å². The van der Waals surface area contributed by atoms with Gasteiger partial charge in [0.15, 0.2) is 0 Å². The molecule has 0 spiro atoms. The second-order valence-corrected chi connectivity index (χ2v) is 6.71. The SMILES string of the molecule is N#Cc1ccccc1NC(=O)c1cncc(N2CCN(c3ccccn3)CC2)c1. The van der Waals surface area contributed by atoms with E-state index < -0.39 is 0 Å². The molecule has 1 saturated heterocycles. The maximum atomic E-state index is 12.7. The summed E-state index contributed by atoms with van der Waals surface area (Å²) in [6, 6.07) is 16.8. The molecule has 1 aliphatic rings. The molecular formula is C22H20N6O. The average Bonchev–Trinajstić information content (AvgIpc) is 2.80. The maximum absolute atomic E-state index is 12.7. The molecule has 3 aromatic rings. The Kier molecular flexibility index (Phi) is 5.34. The van der Waals surface area contributed by atoms with Crippen LogP contribution in [0.15, 0.2) is 67.1 Å². The largest absolute Gasteiger partial charge is 0.367 e. The number of hydrogen-bond donors (Lipinski definition) is 1. The first-order valence-corrected chi connectivity index (χ1v) is 9.41. The first-order valence-electron chi connectivity index (χ1n) is 9.41. The van der Waals surface area contributed by atoms with Crippen molar-refractivity contribution in [2.45, 2.75) is 0 Å². The lowest BCUT2D eigenvalue weighted by molar-refractivity contribution is 0.102. The fourth-order valence-corrected chi connectivity index (χ4v) is 3.34. The fraction of sp³-hybridized carbons (Fsp3) is 0.182. The minimum Gasteiger partial charge on any atom is -0.367 e. The number of nitrogens with one attached hydrogen (secondary N) is 1. The van der Waals surface area contributed by atoms with Gasteiger partial charge in [-0.2, -0.15) is 5.26 Å². The highest BCUT2D eigenvalue weighted by Crippen LogP contribution is 2.21. The average molecular weight is 384 g/mol. The molecule has 0 radical (unpaired) electrons. The summed E-state index contributed by atoms with van der Waals surface area (Å²) in [5.41, 5.74) is 2.29. The molecule has 1 fully saturated rings. The lowest BCUT2D eigenvalue weighted by Gasteiger charge is -2.36. The van der Waals surface area contributed by atoms with Crippen LogP contribution < -0.4 is 15.1 Å². The van der Waals surface area contributed by atoms with Crippen LogP contribution in [0, 0.1) is 11.3 Å². The number of rotatable bonds is 4. The van der Waals surface area contributed by atoms with E-state index in [2.05, 4.69) is 31.2 Å². The van der Waals surface area contributed by atoms with Crippen LogP contribution in [0.4, 0.5) is 17.2 Å². The summed E-state index contributed by atoms with van der Waals surface area (Å²) in [5, 5.41) is 12.0. The number of hydrogen-bond acceptors (Lipinski definition) is 6. The molecule has 1 amide bonds. The third-order valence-corrected chi connectivity index (χ3v) is 4.90. The molecule has 0 unspecified atom stereocenters. The Morgan fingerprint density at radius 3 is 2.52 bits per heavy atom. The highest BCUT2D eigenvalue weighted by atomic mass is 16.1. The van der Waals surface area contributed by atoms with Crippen LogP contribution in [-0.2, 0) is 0 Å². The van der Waals surface area contributed by atoms with E-state index in [9.17, 15) is 10.1 Å². The summed E-state index contributed by atoms with van der Waals surface area (Å²) in [4.78, 5) is 25.8. The Morgan fingerprint density at radius 2 is 1.76 bits per heavy atom. The molecule has 1 aromatic carbocycles. The van der Waals surface area contributed by atoms with Crippen molar-refractivity contribution in [2.24, 2.45) is 0 Å². The standard InChI is InChI=1S/C22H20N6O/c23-14-17-5-1-2-6-20(17)26-22(29)18-13-19(16-24-15-18)27-9-11-28(12-10-27)21-7-3-4-8-25-21/h1-8,13,15-16H,9-12H2,(H,26,29). The number of nitriles is 1. The lowest BCUT2D eigenvalue weighted by Crippen LogP contribution is -2.46. The summed E-state index contributed by atoms with van der Waals surface area (Å²) in [6.45, 7) is 3.34. The molecule has 4 rings (SSSR count). The summed E-state index contributed by atoms with van der Waals surface area (Å²) in [5.74, 6) is 0.698. The number of para-hydroxylation sites is 1. The highest BCUT2D eigenvalue weighted by Gasteiger charge is 2.19. The molecule has 0 bridgehead atoms. The number of aromatic nitrogens is 2. The Morgan fingerprint density at radius 1 is 1.00 bits per heavy atom. The predicted molar refractivity (Wildman–Crippen MR) is 112 cm³/mol. The monoisotopic (exact) mass is 384 g/mol. The zero-order valence-electron chi connectivity index (χ0n) is 15.8. The molecule has 1 aliphatic heterocycles. The molecule has 144 valence electrons. The van der Waals surface area contributed by atoms with Crippen molar-refractivity contribution in [2.75, 3.05) is 41.3 Å². The lowest BCUT2D eigenvalue weighted by atomic mass is 10.1. The van der Waals surface area contributed by atoms with Gasteiger partial charge in [-0.15, -0.1) is 0 Å². The summed E-state index contributed by atoms with van der Waals surface area (Å²) in [7, 11) is 0. The van der Waals surface area contributed by atoms with Gasteiger partial charge in [0.25, 0.3) is 5.91 Å². The Bertz CT molecular complexity index is 1040. The van der Waals surface area contributed by atoms with Crippen molar-refractivity contribution >= 4 is 23.1 Å². The van der Waals surface area contributed by atoms with E-state index in [4.69, 9.17) is 0 Å². The molecule has 7 heteroatoms. The van der Waals surface area contributed by atoms with Crippen LogP contribution in [0.1, 0.15) is 15.9 Å². The van der Waals surface area contributed by atoms with Crippen LogP contribution in [0.25, 0.3) is 0 Å². The number of piperazine rings is 1. The minimum atomic E-state index is -0.283. The second-order valence-electron chi connectivity index (χ2n) is 6.71. The molecule has 29 heavy (non-hydrogen) atoms. The van der Waals surface area contributed by atoms with E-state index in [0.29, 0.717) is 16.8 Å². The minimum absolute atomic E-state index is 0.283. The fourth-order valence-electron chi connectivity index (χ4n) is 3.34. The van der Waals surface area contributed by atoms with Gasteiger partial charge in [-0.3, -0.25) is 9.78 Å². The number of carbonyl (C=O) groups excluding carboxylic acids is 1. The zero-order chi connectivity index (χ0) is 20.1. The topological polar surface area (TPSA) is 85.1 Å². The molecule has 0 atom stereocenters. The number of nitrogens with zero attached hydrogens (tertiary/aromatic N) is 5. The molecule has 3 heterocycles. The van der Waals surface area contributed by atoms with E-state index in [1.165, 1.54) is 6.20 Å². The highest BCUT2D eigenvalue weighted by molar-refractivity contribution is 6.05. The third kappa shape index (κ3) is 4.17. The molecule has 0 saturated carbocycles. The third-order valence-electron chi connectivity index (χ3n) is 4.90. The van der Waals surface area contributed by atoms with Crippen molar-refractivity contribution in [1.29, 1.82) is 5.26 Å². The number of pyridine rings is 2. The van der Waals surface area contributed by atoms with Gasteiger partial charge >= 0.3 is 0 Å². The van der Waals surface area contributed by atoms with Gasteiger partial charge in [0, 0.05) is 38.6 Å². The predicted octanol–water partition coefficient (Wildman–Crippen LogP) is 2.93. The first-order chi connectivity index (χ1) is 14.2. The van der Waals surface area contributed by atoms with Gasteiger partial charge in [-0.05, 0) is 30.3 Å². The van der Waals surface area contributed by atoms with Crippen molar-refractivity contribution in [3.8, 4) is 6.07 Å². The number of carbonyl (C=O) groups is 1. The Balaban J connectivity index is 1.44. The van der Waals surface area contributed by atoms with Crippen LogP contribution >= 0.6 is 0 Å². The van der Waals surface area contributed by atoms with Crippen molar-refractivity contribution in [1.82, 2.24) is 9.97 Å². The van der Waals surface area contributed by atoms with E-state index in [1.54, 1.807) is 36.7 Å². The van der Waals surface area contributed by atoms with Gasteiger partial charge < -0.3 is 15.1 Å².